The van der Waals surface area contributed by atoms with Gasteiger partial charge in [-0.25, -0.2) is 4.39 Å². The standard InChI is InChI=1S/C16H19BrClFN2/c1-4-14-16(10(3)18)15(5-2)21(20-14)9-11-6-12(17)8-13(19)7-11/h6-8,10H,4-5,9H2,1-3H3. The molecule has 1 unspecified atom stereocenters. The van der Waals surface area contributed by atoms with Crippen LogP contribution in [0.3, 0.4) is 0 Å². The summed E-state index contributed by atoms with van der Waals surface area (Å²) < 4.78 is 16.2. The number of hydrogen-bond acceptors (Lipinski definition) is 1. The molecule has 1 atom stereocenters. The van der Waals surface area contributed by atoms with Crippen LogP contribution in [0, 0.1) is 5.82 Å². The van der Waals surface area contributed by atoms with Gasteiger partial charge in [-0.05, 0) is 43.5 Å². The molecule has 0 spiro atoms. The van der Waals surface area contributed by atoms with Gasteiger partial charge >= 0.3 is 0 Å². The fourth-order valence-electron chi connectivity index (χ4n) is 2.66. The highest BCUT2D eigenvalue weighted by atomic mass is 79.9. The molecule has 0 fully saturated rings. The number of aryl methyl sites for hydroxylation is 1. The Balaban J connectivity index is 2.44. The molecule has 2 aromatic rings. The van der Waals surface area contributed by atoms with Crippen molar-refractivity contribution < 1.29 is 4.39 Å². The van der Waals surface area contributed by atoms with E-state index in [9.17, 15) is 4.39 Å². The van der Waals surface area contributed by atoms with E-state index < -0.39 is 0 Å². The molecule has 1 heterocycles. The lowest BCUT2D eigenvalue weighted by Crippen LogP contribution is -2.07. The molecule has 1 aromatic carbocycles. The number of hydrogen-bond donors (Lipinski definition) is 0. The van der Waals surface area contributed by atoms with E-state index in [1.165, 1.54) is 6.07 Å². The summed E-state index contributed by atoms with van der Waals surface area (Å²) in [5.74, 6) is -0.244. The molecule has 0 radical (unpaired) electrons. The summed E-state index contributed by atoms with van der Waals surface area (Å²) in [6.07, 6.45) is 1.70. The number of aromatic nitrogens is 2. The van der Waals surface area contributed by atoms with Crippen molar-refractivity contribution in [1.29, 1.82) is 0 Å². The summed E-state index contributed by atoms with van der Waals surface area (Å²) >= 11 is 9.64. The smallest absolute Gasteiger partial charge is 0.124 e. The number of rotatable bonds is 5. The van der Waals surface area contributed by atoms with Gasteiger partial charge in [0.1, 0.15) is 5.82 Å². The maximum absolute atomic E-state index is 13.5. The minimum atomic E-state index is -0.244. The van der Waals surface area contributed by atoms with Crippen LogP contribution >= 0.6 is 27.5 Å². The second-order valence-electron chi connectivity index (χ2n) is 5.07. The lowest BCUT2D eigenvalue weighted by Gasteiger charge is -2.10. The largest absolute Gasteiger partial charge is 0.265 e. The van der Waals surface area contributed by atoms with Crippen LogP contribution in [0.1, 0.15) is 48.7 Å². The van der Waals surface area contributed by atoms with Crippen molar-refractivity contribution in [3.8, 4) is 0 Å². The molecule has 114 valence electrons. The van der Waals surface area contributed by atoms with Crippen molar-refractivity contribution >= 4 is 27.5 Å². The number of alkyl halides is 1. The van der Waals surface area contributed by atoms with Crippen LogP contribution in [0.2, 0.25) is 0 Å². The Morgan fingerprint density at radius 1 is 1.29 bits per heavy atom. The first-order valence-corrected chi connectivity index (χ1v) is 8.36. The van der Waals surface area contributed by atoms with Gasteiger partial charge in [-0.2, -0.15) is 5.10 Å². The third-order valence-electron chi connectivity index (χ3n) is 3.50. The SMILES string of the molecule is CCc1nn(Cc2cc(F)cc(Br)c2)c(CC)c1C(C)Cl. The van der Waals surface area contributed by atoms with Crippen LogP contribution in [0.4, 0.5) is 4.39 Å². The molecular formula is C16H19BrClFN2. The Hall–Kier alpha value is -0.870. The Bertz CT molecular complexity index is 617. The van der Waals surface area contributed by atoms with Gasteiger partial charge in [0.05, 0.1) is 17.6 Å². The van der Waals surface area contributed by atoms with Gasteiger partial charge in [0.15, 0.2) is 0 Å². The van der Waals surface area contributed by atoms with E-state index in [1.807, 2.05) is 17.7 Å². The lowest BCUT2D eigenvalue weighted by molar-refractivity contribution is 0.610. The highest BCUT2D eigenvalue weighted by Gasteiger charge is 2.19. The van der Waals surface area contributed by atoms with E-state index in [0.717, 1.165) is 39.8 Å². The average Bonchev–Trinajstić information content (AvgIpc) is 2.75. The number of halogens is 3. The topological polar surface area (TPSA) is 17.8 Å². The van der Waals surface area contributed by atoms with Crippen molar-refractivity contribution in [3.05, 3.63) is 51.0 Å². The fraction of sp³-hybridized carbons (Fsp3) is 0.438. The maximum atomic E-state index is 13.5. The molecule has 2 nitrogen and oxygen atoms in total. The van der Waals surface area contributed by atoms with E-state index in [4.69, 9.17) is 11.6 Å². The molecule has 5 heteroatoms. The van der Waals surface area contributed by atoms with E-state index in [0.29, 0.717) is 6.54 Å². The van der Waals surface area contributed by atoms with Crippen LogP contribution in [-0.4, -0.2) is 9.78 Å². The third kappa shape index (κ3) is 3.67. The first-order valence-electron chi connectivity index (χ1n) is 7.13. The first-order chi connectivity index (χ1) is 9.96. The summed E-state index contributed by atoms with van der Waals surface area (Å²) in [4.78, 5) is 0. The molecular weight excluding hydrogens is 355 g/mol. The van der Waals surface area contributed by atoms with Crippen LogP contribution < -0.4 is 0 Å². The number of benzene rings is 1. The summed E-state index contributed by atoms with van der Waals surface area (Å²) in [7, 11) is 0. The van der Waals surface area contributed by atoms with Gasteiger partial charge in [-0.1, -0.05) is 29.8 Å². The Morgan fingerprint density at radius 2 is 2.00 bits per heavy atom. The average molecular weight is 374 g/mol. The van der Waals surface area contributed by atoms with Crippen molar-refractivity contribution in [3.63, 3.8) is 0 Å². The molecule has 0 N–H and O–H groups in total. The summed E-state index contributed by atoms with van der Waals surface area (Å²) in [6, 6.07) is 4.91. The van der Waals surface area contributed by atoms with Gasteiger partial charge in [0, 0.05) is 15.7 Å². The Morgan fingerprint density at radius 3 is 2.52 bits per heavy atom. The third-order valence-corrected chi connectivity index (χ3v) is 4.17. The molecule has 2 rings (SSSR count). The van der Waals surface area contributed by atoms with Crippen LogP contribution in [0.25, 0.3) is 0 Å². The zero-order chi connectivity index (χ0) is 15.6. The zero-order valence-corrected chi connectivity index (χ0v) is 14.8. The molecule has 0 aliphatic heterocycles. The molecule has 0 aliphatic carbocycles. The summed E-state index contributed by atoms with van der Waals surface area (Å²) in [5.41, 5.74) is 4.17. The minimum absolute atomic E-state index is 0.0668. The number of nitrogens with zero attached hydrogens (tertiary/aromatic N) is 2. The predicted molar refractivity (Wildman–Crippen MR) is 88.5 cm³/mol. The second kappa shape index (κ2) is 6.93. The molecule has 1 aromatic heterocycles. The van der Waals surface area contributed by atoms with Gasteiger partial charge in [0.25, 0.3) is 0 Å². The van der Waals surface area contributed by atoms with E-state index in [2.05, 4.69) is 34.9 Å². The van der Waals surface area contributed by atoms with Crippen molar-refractivity contribution in [2.45, 2.75) is 45.5 Å². The highest BCUT2D eigenvalue weighted by Crippen LogP contribution is 2.28. The van der Waals surface area contributed by atoms with Crippen LogP contribution in [-0.2, 0) is 19.4 Å². The van der Waals surface area contributed by atoms with Crippen LogP contribution in [0.15, 0.2) is 22.7 Å². The molecule has 0 amide bonds. The highest BCUT2D eigenvalue weighted by molar-refractivity contribution is 9.10. The van der Waals surface area contributed by atoms with Gasteiger partial charge in [-0.3, -0.25) is 4.68 Å². The molecule has 21 heavy (non-hydrogen) atoms. The Labute approximate surface area is 138 Å². The minimum Gasteiger partial charge on any atom is -0.265 e. The molecule has 0 aliphatic rings. The second-order valence-corrected chi connectivity index (χ2v) is 6.64. The monoisotopic (exact) mass is 372 g/mol. The normalized spacial score (nSPS) is 12.7. The maximum Gasteiger partial charge on any atom is 0.124 e. The van der Waals surface area contributed by atoms with E-state index in [1.54, 1.807) is 6.07 Å². The predicted octanol–water partition coefficient (Wildman–Crippen LogP) is 5.26. The van der Waals surface area contributed by atoms with E-state index >= 15 is 0 Å². The Kier molecular flexibility index (Phi) is 5.44. The quantitative estimate of drug-likeness (QED) is 0.654. The summed E-state index contributed by atoms with van der Waals surface area (Å²) in [5, 5.41) is 4.60. The van der Waals surface area contributed by atoms with Gasteiger partial charge in [0.2, 0.25) is 0 Å². The van der Waals surface area contributed by atoms with Crippen LogP contribution in [0.5, 0.6) is 0 Å². The fourth-order valence-corrected chi connectivity index (χ4v) is 3.43. The van der Waals surface area contributed by atoms with Gasteiger partial charge < -0.3 is 0 Å². The van der Waals surface area contributed by atoms with Crippen molar-refractivity contribution in [2.24, 2.45) is 0 Å². The zero-order valence-electron chi connectivity index (χ0n) is 12.5. The summed E-state index contributed by atoms with van der Waals surface area (Å²) in [6.45, 7) is 6.70. The van der Waals surface area contributed by atoms with E-state index in [-0.39, 0.29) is 11.2 Å². The molecule has 0 saturated carbocycles. The van der Waals surface area contributed by atoms with Crippen molar-refractivity contribution in [1.82, 2.24) is 9.78 Å². The molecule has 0 bridgehead atoms. The van der Waals surface area contributed by atoms with Crippen molar-refractivity contribution in [2.75, 3.05) is 0 Å². The lowest BCUT2D eigenvalue weighted by atomic mass is 10.1. The first kappa shape index (κ1) is 16.5. The van der Waals surface area contributed by atoms with Gasteiger partial charge in [-0.15, -0.1) is 11.6 Å². The molecule has 0 saturated heterocycles.